The summed E-state index contributed by atoms with van der Waals surface area (Å²) in [6.45, 7) is 7.72. The molecule has 0 saturated carbocycles. The predicted molar refractivity (Wildman–Crippen MR) is 103 cm³/mol. The second-order valence-corrected chi connectivity index (χ2v) is 7.25. The van der Waals surface area contributed by atoms with Gasteiger partial charge in [-0.25, -0.2) is 0 Å². The molecule has 144 valence electrons. The van der Waals surface area contributed by atoms with E-state index in [1.807, 2.05) is 29.2 Å². The summed E-state index contributed by atoms with van der Waals surface area (Å²) in [4.78, 5) is 28.9. The number of benzene rings is 1. The Morgan fingerprint density at radius 3 is 2.52 bits per heavy atom. The monoisotopic (exact) mass is 370 g/mol. The van der Waals surface area contributed by atoms with Crippen LogP contribution in [-0.2, 0) is 4.79 Å². The van der Waals surface area contributed by atoms with Crippen molar-refractivity contribution in [3.63, 3.8) is 0 Å². The number of piperazine rings is 1. The Hall–Kier alpha value is -2.76. The van der Waals surface area contributed by atoms with Crippen molar-refractivity contribution in [2.75, 3.05) is 26.7 Å². The van der Waals surface area contributed by atoms with Gasteiger partial charge < -0.3 is 19.0 Å². The van der Waals surface area contributed by atoms with Crippen LogP contribution in [0.15, 0.2) is 40.8 Å². The Balaban J connectivity index is 1.73. The number of ether oxygens (including phenoxy) is 1. The molecule has 3 rings (SSSR count). The van der Waals surface area contributed by atoms with Gasteiger partial charge in [0.1, 0.15) is 17.6 Å². The second-order valence-electron chi connectivity index (χ2n) is 7.25. The van der Waals surface area contributed by atoms with Gasteiger partial charge in [0.25, 0.3) is 5.91 Å². The maximum atomic E-state index is 12.9. The van der Waals surface area contributed by atoms with E-state index in [4.69, 9.17) is 9.15 Å². The van der Waals surface area contributed by atoms with Crippen LogP contribution >= 0.6 is 0 Å². The lowest BCUT2D eigenvalue weighted by molar-refractivity contribution is -0.140. The third-order valence-electron chi connectivity index (χ3n) is 4.79. The molecule has 1 atom stereocenters. The van der Waals surface area contributed by atoms with Gasteiger partial charge in [-0.1, -0.05) is 13.8 Å². The number of furan rings is 1. The number of hydrogen-bond donors (Lipinski definition) is 0. The lowest BCUT2D eigenvalue weighted by Crippen LogP contribution is -2.58. The van der Waals surface area contributed by atoms with Crippen molar-refractivity contribution in [1.29, 1.82) is 0 Å². The summed E-state index contributed by atoms with van der Waals surface area (Å²) >= 11 is 0. The highest BCUT2D eigenvalue weighted by atomic mass is 16.5. The van der Waals surface area contributed by atoms with Crippen molar-refractivity contribution in [3.05, 3.63) is 42.2 Å². The topological polar surface area (TPSA) is 63.0 Å². The minimum absolute atomic E-state index is 0.00904. The second kappa shape index (κ2) is 7.86. The highest BCUT2D eigenvalue weighted by molar-refractivity contribution is 5.96. The zero-order valence-electron chi connectivity index (χ0n) is 16.3. The van der Waals surface area contributed by atoms with E-state index in [2.05, 4.69) is 13.8 Å². The van der Waals surface area contributed by atoms with Crippen molar-refractivity contribution in [1.82, 2.24) is 9.80 Å². The van der Waals surface area contributed by atoms with Crippen LogP contribution in [0.4, 0.5) is 0 Å². The molecule has 0 bridgehead atoms. The maximum Gasteiger partial charge on any atom is 0.290 e. The number of hydrogen-bond acceptors (Lipinski definition) is 4. The molecule has 1 saturated heterocycles. The molecule has 1 fully saturated rings. The van der Waals surface area contributed by atoms with E-state index < -0.39 is 6.04 Å². The lowest BCUT2D eigenvalue weighted by Gasteiger charge is -2.39. The van der Waals surface area contributed by atoms with Crippen LogP contribution in [-0.4, -0.2) is 54.4 Å². The van der Waals surface area contributed by atoms with Crippen LogP contribution in [0.3, 0.4) is 0 Å². The molecule has 1 aliphatic rings. The molecule has 0 N–H and O–H groups in total. The van der Waals surface area contributed by atoms with Crippen LogP contribution in [0.5, 0.6) is 5.75 Å². The molecule has 2 heterocycles. The Morgan fingerprint density at radius 1 is 1.19 bits per heavy atom. The molecule has 6 nitrogen and oxygen atoms in total. The van der Waals surface area contributed by atoms with Crippen molar-refractivity contribution >= 4 is 11.8 Å². The maximum absolute atomic E-state index is 12.9. The van der Waals surface area contributed by atoms with E-state index in [0.29, 0.717) is 31.3 Å². The first-order valence-corrected chi connectivity index (χ1v) is 9.24. The quantitative estimate of drug-likeness (QED) is 0.810. The first-order chi connectivity index (χ1) is 12.9. The lowest BCUT2D eigenvalue weighted by atomic mass is 10.1. The summed E-state index contributed by atoms with van der Waals surface area (Å²) in [7, 11) is 1.61. The molecule has 2 aromatic rings. The minimum Gasteiger partial charge on any atom is -0.497 e. The molecular weight excluding hydrogens is 344 g/mol. The SMILES string of the molecule is COc1ccc(-c2ccc(C(=O)N3CCN(CC(C)C)C(=O)[C@@H]3C)o2)cc1. The van der Waals surface area contributed by atoms with Crippen LogP contribution < -0.4 is 4.74 Å². The van der Waals surface area contributed by atoms with Crippen molar-refractivity contribution in [2.24, 2.45) is 5.92 Å². The Labute approximate surface area is 159 Å². The van der Waals surface area contributed by atoms with Gasteiger partial charge in [0.05, 0.1) is 7.11 Å². The third kappa shape index (κ3) is 3.99. The molecule has 0 unspecified atom stereocenters. The fourth-order valence-corrected chi connectivity index (χ4v) is 3.33. The van der Waals surface area contributed by atoms with Crippen molar-refractivity contribution < 1.29 is 18.7 Å². The molecule has 6 heteroatoms. The van der Waals surface area contributed by atoms with Gasteiger partial charge in [-0.2, -0.15) is 0 Å². The molecule has 0 spiro atoms. The van der Waals surface area contributed by atoms with Gasteiger partial charge in [0.15, 0.2) is 5.76 Å². The summed E-state index contributed by atoms with van der Waals surface area (Å²) in [5, 5.41) is 0. The molecule has 0 radical (unpaired) electrons. The van der Waals surface area contributed by atoms with Crippen LogP contribution in [0.25, 0.3) is 11.3 Å². The van der Waals surface area contributed by atoms with Crippen LogP contribution in [0.2, 0.25) is 0 Å². The number of amides is 2. The van der Waals surface area contributed by atoms with Gasteiger partial charge in [-0.05, 0) is 49.2 Å². The van der Waals surface area contributed by atoms with E-state index in [9.17, 15) is 9.59 Å². The first kappa shape index (κ1) is 19.0. The fourth-order valence-electron chi connectivity index (χ4n) is 3.33. The largest absolute Gasteiger partial charge is 0.497 e. The van der Waals surface area contributed by atoms with E-state index >= 15 is 0 Å². The summed E-state index contributed by atoms with van der Waals surface area (Å²) in [6.07, 6.45) is 0. The first-order valence-electron chi connectivity index (χ1n) is 9.24. The van der Waals surface area contributed by atoms with Gasteiger partial charge >= 0.3 is 0 Å². The Morgan fingerprint density at radius 2 is 1.89 bits per heavy atom. The van der Waals surface area contributed by atoms with E-state index in [-0.39, 0.29) is 17.6 Å². The summed E-state index contributed by atoms with van der Waals surface area (Å²) in [6, 6.07) is 10.4. The van der Waals surface area contributed by atoms with Crippen LogP contribution in [0, 0.1) is 5.92 Å². The van der Waals surface area contributed by atoms with Gasteiger partial charge in [-0.3, -0.25) is 9.59 Å². The highest BCUT2D eigenvalue weighted by Crippen LogP contribution is 2.26. The van der Waals surface area contributed by atoms with E-state index in [1.54, 1.807) is 31.1 Å². The van der Waals surface area contributed by atoms with Crippen molar-refractivity contribution in [3.8, 4) is 17.1 Å². The Kier molecular flexibility index (Phi) is 5.54. The smallest absolute Gasteiger partial charge is 0.290 e. The number of rotatable bonds is 5. The zero-order valence-corrected chi connectivity index (χ0v) is 16.3. The standard InChI is InChI=1S/C21H26N2O4/c1-14(2)13-22-11-12-23(15(3)20(22)24)21(25)19-10-9-18(27-19)16-5-7-17(26-4)8-6-16/h5-10,14-15H,11-13H2,1-4H3/t15-/m0/s1. The molecule has 2 amide bonds. The zero-order chi connectivity index (χ0) is 19.6. The van der Waals surface area contributed by atoms with Gasteiger partial charge in [0.2, 0.25) is 5.91 Å². The fraction of sp³-hybridized carbons (Fsp3) is 0.429. The summed E-state index contributed by atoms with van der Waals surface area (Å²) in [5.74, 6) is 1.76. The predicted octanol–water partition coefficient (Wildman–Crippen LogP) is 3.28. The molecule has 27 heavy (non-hydrogen) atoms. The summed E-state index contributed by atoms with van der Waals surface area (Å²) in [5.41, 5.74) is 0.862. The normalized spacial score (nSPS) is 17.5. The number of methoxy groups -OCH3 is 1. The molecule has 1 aromatic heterocycles. The van der Waals surface area contributed by atoms with E-state index in [1.165, 1.54) is 0 Å². The van der Waals surface area contributed by atoms with Gasteiger partial charge in [-0.15, -0.1) is 0 Å². The number of carbonyl (C=O) groups excluding carboxylic acids is 2. The molecule has 0 aliphatic carbocycles. The van der Waals surface area contributed by atoms with E-state index in [0.717, 1.165) is 11.3 Å². The number of nitrogens with zero attached hydrogens (tertiary/aromatic N) is 2. The average molecular weight is 370 g/mol. The van der Waals surface area contributed by atoms with Crippen molar-refractivity contribution in [2.45, 2.75) is 26.8 Å². The van der Waals surface area contributed by atoms with Gasteiger partial charge in [0, 0.05) is 25.2 Å². The molecular formula is C21H26N2O4. The molecule has 1 aliphatic heterocycles. The Bertz CT molecular complexity index is 810. The highest BCUT2D eigenvalue weighted by Gasteiger charge is 2.35. The number of carbonyl (C=O) groups is 2. The average Bonchev–Trinajstić information content (AvgIpc) is 3.15. The van der Waals surface area contributed by atoms with Crippen LogP contribution in [0.1, 0.15) is 31.3 Å². The summed E-state index contributed by atoms with van der Waals surface area (Å²) < 4.78 is 10.9. The minimum atomic E-state index is -0.487. The molecule has 1 aromatic carbocycles. The third-order valence-corrected chi connectivity index (χ3v) is 4.79.